The Balaban J connectivity index is 2.73. The van der Waals surface area contributed by atoms with Crippen LogP contribution in [0.15, 0.2) is 0 Å². The molecule has 3 nitrogen and oxygen atoms in total. The quantitative estimate of drug-likeness (QED) is 0.733. The predicted octanol–water partition coefficient (Wildman–Crippen LogP) is 2.50. The van der Waals surface area contributed by atoms with Crippen molar-refractivity contribution in [1.82, 2.24) is 5.32 Å². The van der Waals surface area contributed by atoms with Crippen molar-refractivity contribution in [1.29, 1.82) is 0 Å². The van der Waals surface area contributed by atoms with Crippen LogP contribution in [0.4, 0.5) is 0 Å². The Bertz CT molecular complexity index is 242. The fourth-order valence-corrected chi connectivity index (χ4v) is 2.51. The third-order valence-electron chi connectivity index (χ3n) is 3.56. The number of carbonyl (C=O) groups is 1. The predicted molar refractivity (Wildman–Crippen MR) is 65.3 cm³/mol. The molecule has 1 saturated carbocycles. The van der Waals surface area contributed by atoms with Gasteiger partial charge in [-0.25, -0.2) is 0 Å². The van der Waals surface area contributed by atoms with Gasteiger partial charge < -0.3 is 4.74 Å². The first-order valence-corrected chi connectivity index (χ1v) is 6.49. The van der Waals surface area contributed by atoms with Gasteiger partial charge in [0, 0.05) is 6.04 Å². The standard InChI is InChI=1S/C13H25NO2/c1-5-11(4)14-13(12(15)16-6-2)8-7-10(3)9-13/h10-11,14H,5-9H2,1-4H3. The largest absolute Gasteiger partial charge is 0.465 e. The number of rotatable bonds is 5. The van der Waals surface area contributed by atoms with Crippen LogP contribution in [0.25, 0.3) is 0 Å². The van der Waals surface area contributed by atoms with Crippen LogP contribution in [0.5, 0.6) is 0 Å². The summed E-state index contributed by atoms with van der Waals surface area (Å²) in [7, 11) is 0. The number of carbonyl (C=O) groups excluding carboxylic acids is 1. The zero-order valence-electron chi connectivity index (χ0n) is 11.0. The van der Waals surface area contributed by atoms with Crippen molar-refractivity contribution >= 4 is 5.97 Å². The Morgan fingerprint density at radius 1 is 1.56 bits per heavy atom. The topological polar surface area (TPSA) is 38.3 Å². The Morgan fingerprint density at radius 2 is 2.25 bits per heavy atom. The molecule has 0 bridgehead atoms. The first-order valence-electron chi connectivity index (χ1n) is 6.49. The van der Waals surface area contributed by atoms with Gasteiger partial charge in [-0.3, -0.25) is 10.1 Å². The second-order valence-corrected chi connectivity index (χ2v) is 5.10. The maximum absolute atomic E-state index is 12.1. The molecule has 0 aromatic carbocycles. The lowest BCUT2D eigenvalue weighted by atomic mass is 9.94. The Hall–Kier alpha value is -0.570. The molecule has 3 heteroatoms. The molecule has 94 valence electrons. The third-order valence-corrected chi connectivity index (χ3v) is 3.56. The monoisotopic (exact) mass is 227 g/mol. The van der Waals surface area contributed by atoms with E-state index in [1.54, 1.807) is 0 Å². The smallest absolute Gasteiger partial charge is 0.326 e. The molecular weight excluding hydrogens is 202 g/mol. The molecule has 3 atom stereocenters. The Kier molecular flexibility index (Phi) is 4.78. The summed E-state index contributed by atoms with van der Waals surface area (Å²) in [5.41, 5.74) is -0.412. The molecule has 0 aromatic rings. The van der Waals surface area contributed by atoms with Crippen LogP contribution in [-0.4, -0.2) is 24.2 Å². The van der Waals surface area contributed by atoms with Gasteiger partial charge in [-0.15, -0.1) is 0 Å². The van der Waals surface area contributed by atoms with E-state index in [1.165, 1.54) is 0 Å². The average molecular weight is 227 g/mol. The molecule has 1 rings (SSSR count). The summed E-state index contributed by atoms with van der Waals surface area (Å²) in [5.74, 6) is 0.556. The van der Waals surface area contributed by atoms with Gasteiger partial charge in [-0.05, 0) is 45.4 Å². The van der Waals surface area contributed by atoms with Crippen LogP contribution in [0, 0.1) is 5.92 Å². The second-order valence-electron chi connectivity index (χ2n) is 5.10. The molecule has 1 aliphatic rings. The highest BCUT2D eigenvalue weighted by molar-refractivity contribution is 5.81. The van der Waals surface area contributed by atoms with Gasteiger partial charge in [0.25, 0.3) is 0 Å². The lowest BCUT2D eigenvalue weighted by Gasteiger charge is -2.31. The van der Waals surface area contributed by atoms with Gasteiger partial charge in [0.05, 0.1) is 6.61 Å². The van der Waals surface area contributed by atoms with Crippen LogP contribution < -0.4 is 5.32 Å². The van der Waals surface area contributed by atoms with Crippen LogP contribution in [0.3, 0.4) is 0 Å². The average Bonchev–Trinajstić information content (AvgIpc) is 2.61. The first-order chi connectivity index (χ1) is 7.54. The minimum Gasteiger partial charge on any atom is -0.465 e. The molecule has 0 heterocycles. The van der Waals surface area contributed by atoms with Gasteiger partial charge in [-0.1, -0.05) is 13.8 Å². The molecular formula is C13H25NO2. The number of hydrogen-bond donors (Lipinski definition) is 1. The molecule has 0 aromatic heterocycles. The molecule has 0 amide bonds. The van der Waals surface area contributed by atoms with Gasteiger partial charge in [0.2, 0.25) is 0 Å². The van der Waals surface area contributed by atoms with Crippen molar-refractivity contribution < 1.29 is 9.53 Å². The van der Waals surface area contributed by atoms with Crippen LogP contribution in [0.2, 0.25) is 0 Å². The lowest BCUT2D eigenvalue weighted by molar-refractivity contribution is -0.151. The van der Waals surface area contributed by atoms with E-state index in [4.69, 9.17) is 4.74 Å². The van der Waals surface area contributed by atoms with Crippen LogP contribution in [-0.2, 0) is 9.53 Å². The highest BCUT2D eigenvalue weighted by atomic mass is 16.5. The van der Waals surface area contributed by atoms with Crippen molar-refractivity contribution in [2.45, 2.75) is 65.0 Å². The molecule has 0 spiro atoms. The van der Waals surface area contributed by atoms with E-state index >= 15 is 0 Å². The minimum absolute atomic E-state index is 0.0559. The van der Waals surface area contributed by atoms with E-state index in [2.05, 4.69) is 26.1 Å². The van der Waals surface area contributed by atoms with Crippen molar-refractivity contribution in [2.24, 2.45) is 5.92 Å². The molecule has 1 N–H and O–H groups in total. The van der Waals surface area contributed by atoms with Crippen LogP contribution in [0.1, 0.15) is 53.4 Å². The van der Waals surface area contributed by atoms with Crippen molar-refractivity contribution in [3.63, 3.8) is 0 Å². The summed E-state index contributed by atoms with van der Waals surface area (Å²) in [6.07, 6.45) is 3.98. The number of nitrogens with one attached hydrogen (secondary N) is 1. The summed E-state index contributed by atoms with van der Waals surface area (Å²) < 4.78 is 5.22. The van der Waals surface area contributed by atoms with Gasteiger partial charge in [0.15, 0.2) is 0 Å². The van der Waals surface area contributed by atoms with E-state index in [-0.39, 0.29) is 5.97 Å². The summed E-state index contributed by atoms with van der Waals surface area (Å²) in [4.78, 5) is 12.1. The highest BCUT2D eigenvalue weighted by Gasteiger charge is 2.45. The molecule has 1 fully saturated rings. The zero-order chi connectivity index (χ0) is 12.2. The maximum atomic E-state index is 12.1. The van der Waals surface area contributed by atoms with E-state index in [1.807, 2.05) is 6.92 Å². The van der Waals surface area contributed by atoms with Crippen molar-refractivity contribution in [3.8, 4) is 0 Å². The summed E-state index contributed by atoms with van der Waals surface area (Å²) >= 11 is 0. The molecule has 1 aliphatic carbocycles. The molecule has 16 heavy (non-hydrogen) atoms. The van der Waals surface area contributed by atoms with E-state index < -0.39 is 5.54 Å². The first kappa shape index (κ1) is 13.5. The molecule has 0 saturated heterocycles. The van der Waals surface area contributed by atoms with Crippen molar-refractivity contribution in [3.05, 3.63) is 0 Å². The highest BCUT2D eigenvalue weighted by Crippen LogP contribution is 2.35. The van der Waals surface area contributed by atoms with Crippen molar-refractivity contribution in [2.75, 3.05) is 6.61 Å². The van der Waals surface area contributed by atoms with E-state index in [0.717, 1.165) is 25.7 Å². The van der Waals surface area contributed by atoms with E-state index in [0.29, 0.717) is 18.6 Å². The number of hydrogen-bond acceptors (Lipinski definition) is 3. The lowest BCUT2D eigenvalue weighted by Crippen LogP contribution is -2.54. The van der Waals surface area contributed by atoms with Crippen LogP contribution >= 0.6 is 0 Å². The van der Waals surface area contributed by atoms with E-state index in [9.17, 15) is 4.79 Å². The fourth-order valence-electron chi connectivity index (χ4n) is 2.51. The third kappa shape index (κ3) is 2.97. The fraction of sp³-hybridized carbons (Fsp3) is 0.923. The number of ether oxygens (including phenoxy) is 1. The minimum atomic E-state index is -0.412. The Labute approximate surface area is 98.9 Å². The summed E-state index contributed by atoms with van der Waals surface area (Å²) in [6.45, 7) is 8.81. The number of esters is 1. The molecule has 0 radical (unpaired) electrons. The summed E-state index contributed by atoms with van der Waals surface area (Å²) in [6, 6.07) is 0.370. The normalized spacial score (nSPS) is 31.4. The van der Waals surface area contributed by atoms with Gasteiger partial charge >= 0.3 is 5.97 Å². The maximum Gasteiger partial charge on any atom is 0.326 e. The SMILES string of the molecule is CCOC(=O)C1(NC(C)CC)CCC(C)C1. The van der Waals surface area contributed by atoms with Gasteiger partial charge in [0.1, 0.15) is 5.54 Å². The second kappa shape index (κ2) is 5.67. The Morgan fingerprint density at radius 3 is 2.69 bits per heavy atom. The molecule has 3 unspecified atom stereocenters. The molecule has 0 aliphatic heterocycles. The summed E-state index contributed by atoms with van der Waals surface area (Å²) in [5, 5.41) is 3.48. The zero-order valence-corrected chi connectivity index (χ0v) is 11.0. The van der Waals surface area contributed by atoms with Gasteiger partial charge in [-0.2, -0.15) is 0 Å².